The molecule has 144 valence electrons. The Bertz CT molecular complexity index is 851. The Balaban J connectivity index is 1.65. The topological polar surface area (TPSA) is 94.5 Å². The third-order valence-corrected chi connectivity index (χ3v) is 5.74. The molecule has 1 aromatic carbocycles. The number of carbonyl (C=O) groups is 2. The van der Waals surface area contributed by atoms with Crippen molar-refractivity contribution in [3.8, 4) is 11.5 Å². The Labute approximate surface area is 155 Å². The van der Waals surface area contributed by atoms with E-state index >= 15 is 0 Å². The lowest BCUT2D eigenvalue weighted by Gasteiger charge is -2.28. The fourth-order valence-electron chi connectivity index (χ4n) is 4.42. The van der Waals surface area contributed by atoms with Crippen LogP contribution in [-0.4, -0.2) is 53.0 Å². The number of hydrogen-bond acceptors (Lipinski definition) is 7. The van der Waals surface area contributed by atoms with E-state index < -0.39 is 23.6 Å². The normalized spacial score (nSPS) is 33.8. The summed E-state index contributed by atoms with van der Waals surface area (Å²) in [6.07, 6.45) is -1.56. The van der Waals surface area contributed by atoms with Gasteiger partial charge < -0.3 is 29.0 Å². The van der Waals surface area contributed by atoms with E-state index in [1.807, 2.05) is 0 Å². The van der Waals surface area contributed by atoms with Crippen LogP contribution in [-0.2, 0) is 31.2 Å². The molecule has 0 aliphatic carbocycles. The first kappa shape index (κ1) is 17.0. The number of nitrogens with zero attached hydrogens (tertiary/aromatic N) is 1. The van der Waals surface area contributed by atoms with Gasteiger partial charge >= 0.3 is 0 Å². The van der Waals surface area contributed by atoms with E-state index in [9.17, 15) is 14.7 Å². The van der Waals surface area contributed by atoms with E-state index in [0.29, 0.717) is 22.6 Å². The predicted octanol–water partition coefficient (Wildman–Crippen LogP) is 0.828. The average Bonchev–Trinajstić information content (AvgIpc) is 3.15. The molecule has 0 aromatic heterocycles. The van der Waals surface area contributed by atoms with Gasteiger partial charge in [-0.2, -0.15) is 0 Å². The minimum atomic E-state index is -1.71. The molecule has 0 unspecified atom stereocenters. The molecule has 8 heteroatoms. The first-order chi connectivity index (χ1) is 12.8. The van der Waals surface area contributed by atoms with Crippen molar-refractivity contribution in [2.45, 2.75) is 56.8 Å². The van der Waals surface area contributed by atoms with E-state index in [-0.39, 0.29) is 44.4 Å². The number of hydrogen-bond donors (Lipinski definition) is 1. The van der Waals surface area contributed by atoms with Crippen molar-refractivity contribution in [3.05, 3.63) is 23.3 Å². The van der Waals surface area contributed by atoms with Crippen molar-refractivity contribution >= 4 is 11.7 Å². The van der Waals surface area contributed by atoms with E-state index in [4.69, 9.17) is 18.9 Å². The summed E-state index contributed by atoms with van der Waals surface area (Å²) in [6, 6.07) is 3.41. The van der Waals surface area contributed by atoms with Crippen LogP contribution in [0.5, 0.6) is 11.5 Å². The first-order valence-corrected chi connectivity index (χ1v) is 9.10. The van der Waals surface area contributed by atoms with Gasteiger partial charge in [0.1, 0.15) is 11.7 Å². The minimum Gasteiger partial charge on any atom is -0.454 e. The standard InChI is InChI=1S/C19H21NO7/c1-18(2)26-14-7-15(21)19(23)3-4-20(17(22)16(14)27-18)8-10-5-12-13(6-11(10)19)25-9-24-12/h5-6,14,16,23H,3-4,7-9H2,1-2H3/t14-,16+,19-/m1/s1. The monoisotopic (exact) mass is 375 g/mol. The molecule has 2 bridgehead atoms. The van der Waals surface area contributed by atoms with Gasteiger partial charge in [0.2, 0.25) is 6.79 Å². The summed E-state index contributed by atoms with van der Waals surface area (Å²) in [7, 11) is 0. The largest absolute Gasteiger partial charge is 0.454 e. The van der Waals surface area contributed by atoms with Crippen LogP contribution < -0.4 is 9.47 Å². The number of benzene rings is 1. The zero-order chi connectivity index (χ0) is 19.0. The van der Waals surface area contributed by atoms with Crippen molar-refractivity contribution in [2.75, 3.05) is 13.3 Å². The van der Waals surface area contributed by atoms with Crippen LogP contribution in [0, 0.1) is 0 Å². The number of carbonyl (C=O) groups excluding carboxylic acids is 2. The fraction of sp³-hybridized carbons (Fsp3) is 0.579. The summed E-state index contributed by atoms with van der Waals surface area (Å²) in [6.45, 7) is 4.03. The molecule has 0 saturated carbocycles. The summed E-state index contributed by atoms with van der Waals surface area (Å²) in [4.78, 5) is 28.0. The van der Waals surface area contributed by atoms with E-state index in [0.717, 1.165) is 0 Å². The fourth-order valence-corrected chi connectivity index (χ4v) is 4.42. The highest BCUT2D eigenvalue weighted by molar-refractivity contribution is 5.92. The molecule has 1 N–H and O–H groups in total. The van der Waals surface area contributed by atoms with Crippen molar-refractivity contribution in [3.63, 3.8) is 0 Å². The van der Waals surface area contributed by atoms with Crippen LogP contribution in [0.2, 0.25) is 0 Å². The number of aliphatic hydroxyl groups is 1. The average molecular weight is 375 g/mol. The van der Waals surface area contributed by atoms with Crippen LogP contribution in [0.4, 0.5) is 0 Å². The molecule has 4 heterocycles. The molecule has 0 spiro atoms. The van der Waals surface area contributed by atoms with Gasteiger partial charge in [-0.3, -0.25) is 9.59 Å². The van der Waals surface area contributed by atoms with Crippen LogP contribution in [0.25, 0.3) is 0 Å². The van der Waals surface area contributed by atoms with E-state index in [1.54, 1.807) is 30.9 Å². The van der Waals surface area contributed by atoms with Crippen LogP contribution in [0.1, 0.15) is 37.8 Å². The first-order valence-electron chi connectivity index (χ1n) is 9.10. The number of rotatable bonds is 0. The highest BCUT2D eigenvalue weighted by Crippen LogP contribution is 2.44. The maximum absolute atomic E-state index is 13.2. The van der Waals surface area contributed by atoms with Crippen molar-refractivity contribution in [2.24, 2.45) is 0 Å². The summed E-state index contributed by atoms with van der Waals surface area (Å²) in [5.74, 6) is -0.521. The number of fused-ring (bicyclic) bond motifs is 7. The smallest absolute Gasteiger partial charge is 0.254 e. The highest BCUT2D eigenvalue weighted by Gasteiger charge is 2.53. The SMILES string of the molecule is CC1(C)O[C@@H]2C(=O)N3CC[C@](O)(C(=O)C[C@H]2O1)c1cc2c(cc1C3)OCO2. The molecule has 4 aliphatic rings. The summed E-state index contributed by atoms with van der Waals surface area (Å²) < 4.78 is 22.5. The lowest BCUT2D eigenvalue weighted by atomic mass is 9.81. The third-order valence-electron chi connectivity index (χ3n) is 5.74. The maximum Gasteiger partial charge on any atom is 0.254 e. The van der Waals surface area contributed by atoms with E-state index in [2.05, 4.69) is 0 Å². The van der Waals surface area contributed by atoms with Gasteiger partial charge in [0.05, 0.1) is 0 Å². The van der Waals surface area contributed by atoms with Gasteiger partial charge in [-0.05, 0) is 37.1 Å². The second kappa shape index (κ2) is 5.43. The number of ether oxygens (including phenoxy) is 4. The lowest BCUT2D eigenvalue weighted by molar-refractivity contribution is -0.164. The van der Waals surface area contributed by atoms with Gasteiger partial charge in [-0.25, -0.2) is 0 Å². The minimum absolute atomic E-state index is 0.0914. The van der Waals surface area contributed by atoms with Crippen molar-refractivity contribution in [1.82, 2.24) is 4.90 Å². The Kier molecular flexibility index (Phi) is 3.42. The molecule has 1 amide bonds. The zero-order valence-corrected chi connectivity index (χ0v) is 15.2. The number of amides is 1. The number of Topliss-reactive ketones (excluding diaryl/α,β-unsaturated/α-hetero) is 1. The van der Waals surface area contributed by atoms with Gasteiger partial charge in [0, 0.05) is 25.9 Å². The predicted molar refractivity (Wildman–Crippen MR) is 89.9 cm³/mol. The molecule has 0 radical (unpaired) electrons. The van der Waals surface area contributed by atoms with Crippen LogP contribution >= 0.6 is 0 Å². The zero-order valence-electron chi connectivity index (χ0n) is 15.2. The number of ketones is 1. The van der Waals surface area contributed by atoms with Crippen LogP contribution in [0.15, 0.2) is 12.1 Å². The molecule has 2 saturated heterocycles. The van der Waals surface area contributed by atoms with Gasteiger partial charge in [0.15, 0.2) is 29.2 Å². The molecule has 2 fully saturated rings. The second-order valence-corrected chi connectivity index (χ2v) is 7.95. The molecule has 8 nitrogen and oxygen atoms in total. The Morgan fingerprint density at radius 3 is 2.67 bits per heavy atom. The van der Waals surface area contributed by atoms with Gasteiger partial charge in [-0.15, -0.1) is 0 Å². The molecular weight excluding hydrogens is 354 g/mol. The second-order valence-electron chi connectivity index (χ2n) is 7.95. The molecule has 5 rings (SSSR count). The van der Waals surface area contributed by atoms with Crippen LogP contribution in [0.3, 0.4) is 0 Å². The molecule has 27 heavy (non-hydrogen) atoms. The Hall–Kier alpha value is -2.16. The summed E-state index contributed by atoms with van der Waals surface area (Å²) >= 11 is 0. The third kappa shape index (κ3) is 2.47. The summed E-state index contributed by atoms with van der Waals surface area (Å²) in [5.41, 5.74) is -0.558. The quantitative estimate of drug-likeness (QED) is 0.718. The lowest BCUT2D eigenvalue weighted by Crippen LogP contribution is -2.44. The van der Waals surface area contributed by atoms with E-state index in [1.165, 1.54) is 0 Å². The summed E-state index contributed by atoms with van der Waals surface area (Å²) in [5, 5.41) is 11.4. The Morgan fingerprint density at radius 1 is 1.15 bits per heavy atom. The van der Waals surface area contributed by atoms with Crippen molar-refractivity contribution in [1.29, 1.82) is 0 Å². The molecule has 4 aliphatic heterocycles. The highest BCUT2D eigenvalue weighted by atomic mass is 16.8. The molecule has 3 atom stereocenters. The van der Waals surface area contributed by atoms with Gasteiger partial charge in [0.25, 0.3) is 5.91 Å². The molecular formula is C19H21NO7. The molecule has 1 aromatic rings. The Morgan fingerprint density at radius 2 is 1.89 bits per heavy atom. The van der Waals surface area contributed by atoms with Gasteiger partial charge in [-0.1, -0.05) is 0 Å². The maximum atomic E-state index is 13.2. The van der Waals surface area contributed by atoms with Crippen molar-refractivity contribution < 1.29 is 33.6 Å².